The molecule has 2 aromatic carbocycles. The Hall–Kier alpha value is -3.00. The van der Waals surface area contributed by atoms with Crippen LogP contribution >= 0.6 is 0 Å². The maximum atomic E-state index is 12.2. The number of benzene rings is 2. The van der Waals surface area contributed by atoms with Crippen molar-refractivity contribution in [1.29, 1.82) is 5.26 Å². The van der Waals surface area contributed by atoms with Gasteiger partial charge >= 0.3 is 6.03 Å². The zero-order chi connectivity index (χ0) is 16.9. The summed E-state index contributed by atoms with van der Waals surface area (Å²) in [5.41, 5.74) is 9.01. The quantitative estimate of drug-likeness (QED) is 0.736. The van der Waals surface area contributed by atoms with E-state index in [2.05, 4.69) is 53.4 Å². The van der Waals surface area contributed by atoms with Crippen LogP contribution in [0.15, 0.2) is 48.5 Å². The molecule has 3 rings (SSSR count). The number of rotatable bonds is 5. The van der Waals surface area contributed by atoms with Crippen molar-refractivity contribution in [2.45, 2.75) is 25.8 Å². The lowest BCUT2D eigenvalue weighted by Gasteiger charge is -2.20. The molecule has 2 amide bonds. The zero-order valence-electron chi connectivity index (χ0n) is 13.5. The number of nitrogens with zero attached hydrogens (tertiary/aromatic N) is 1. The number of hydrogen-bond acceptors (Lipinski definition) is 3. The number of carbonyl (C=O) groups excluding carboxylic acids is 1. The summed E-state index contributed by atoms with van der Waals surface area (Å²) in [5, 5.41) is 11.9. The standard InChI is InChI=1S/C19H20N4O/c1-13-5-7-15(8-6-13)18(16-9-10-16)21-19(24)23-22-17-4-2-3-14(11-17)12-20/h2-8,11,16,18,22H,9-10H2,1H3,(H2,21,23,24). The van der Waals surface area contributed by atoms with Crippen LogP contribution in [0.4, 0.5) is 10.5 Å². The van der Waals surface area contributed by atoms with Crippen molar-refractivity contribution in [2.75, 3.05) is 5.43 Å². The number of amides is 2. The number of hydrogen-bond donors (Lipinski definition) is 3. The van der Waals surface area contributed by atoms with Crippen LogP contribution < -0.4 is 16.2 Å². The van der Waals surface area contributed by atoms with Crippen molar-refractivity contribution in [3.8, 4) is 6.07 Å². The van der Waals surface area contributed by atoms with Crippen molar-refractivity contribution < 1.29 is 4.79 Å². The van der Waals surface area contributed by atoms with Crippen LogP contribution in [0, 0.1) is 24.2 Å². The minimum Gasteiger partial charge on any atom is -0.330 e. The van der Waals surface area contributed by atoms with E-state index in [0.29, 0.717) is 17.2 Å². The van der Waals surface area contributed by atoms with Crippen LogP contribution in [0.2, 0.25) is 0 Å². The highest BCUT2D eigenvalue weighted by Gasteiger charge is 2.33. The molecule has 1 atom stereocenters. The molecule has 2 aromatic rings. The molecule has 1 unspecified atom stereocenters. The minimum atomic E-state index is -0.283. The van der Waals surface area contributed by atoms with Gasteiger partial charge in [0.05, 0.1) is 23.4 Å². The predicted molar refractivity (Wildman–Crippen MR) is 93.1 cm³/mol. The molecular weight excluding hydrogens is 300 g/mol. The molecule has 0 aromatic heterocycles. The molecule has 1 aliphatic carbocycles. The summed E-state index contributed by atoms with van der Waals surface area (Å²) < 4.78 is 0. The highest BCUT2D eigenvalue weighted by atomic mass is 16.2. The summed E-state index contributed by atoms with van der Waals surface area (Å²) in [7, 11) is 0. The second-order valence-electron chi connectivity index (χ2n) is 6.14. The average Bonchev–Trinajstić information content (AvgIpc) is 3.44. The third-order valence-corrected chi connectivity index (χ3v) is 4.13. The number of urea groups is 1. The molecule has 0 bridgehead atoms. The maximum Gasteiger partial charge on any atom is 0.333 e. The van der Waals surface area contributed by atoms with Crippen molar-refractivity contribution in [2.24, 2.45) is 5.92 Å². The fourth-order valence-corrected chi connectivity index (χ4v) is 2.65. The summed E-state index contributed by atoms with van der Waals surface area (Å²) in [5.74, 6) is 0.500. The fourth-order valence-electron chi connectivity index (χ4n) is 2.65. The van der Waals surface area contributed by atoms with Crippen LogP contribution in [-0.2, 0) is 0 Å². The Kier molecular flexibility index (Phi) is 4.66. The second kappa shape index (κ2) is 7.05. The number of hydrazine groups is 1. The van der Waals surface area contributed by atoms with Gasteiger partial charge in [-0.15, -0.1) is 0 Å². The lowest BCUT2D eigenvalue weighted by atomic mass is 10.0. The van der Waals surface area contributed by atoms with E-state index in [1.165, 1.54) is 5.56 Å². The zero-order valence-corrected chi connectivity index (χ0v) is 13.5. The van der Waals surface area contributed by atoms with Gasteiger partial charge in [-0.25, -0.2) is 4.79 Å². The third kappa shape index (κ3) is 4.05. The molecule has 0 saturated heterocycles. The van der Waals surface area contributed by atoms with Crippen LogP contribution in [0.25, 0.3) is 0 Å². The topological polar surface area (TPSA) is 77.0 Å². The van der Waals surface area contributed by atoms with Gasteiger partial charge in [-0.2, -0.15) is 5.26 Å². The van der Waals surface area contributed by atoms with Gasteiger partial charge in [0.15, 0.2) is 0 Å². The number of nitrogens with one attached hydrogen (secondary N) is 3. The van der Waals surface area contributed by atoms with E-state index in [-0.39, 0.29) is 12.1 Å². The van der Waals surface area contributed by atoms with Gasteiger partial charge in [-0.1, -0.05) is 35.9 Å². The lowest BCUT2D eigenvalue weighted by molar-refractivity contribution is 0.237. The van der Waals surface area contributed by atoms with E-state index in [1.54, 1.807) is 24.3 Å². The molecule has 0 spiro atoms. The van der Waals surface area contributed by atoms with Gasteiger partial charge < -0.3 is 5.32 Å². The molecule has 24 heavy (non-hydrogen) atoms. The summed E-state index contributed by atoms with van der Waals surface area (Å²) in [4.78, 5) is 12.2. The summed E-state index contributed by atoms with van der Waals surface area (Å²) in [6.07, 6.45) is 2.27. The summed E-state index contributed by atoms with van der Waals surface area (Å²) in [6, 6.07) is 17.0. The van der Waals surface area contributed by atoms with E-state index in [0.717, 1.165) is 18.4 Å². The Bertz CT molecular complexity index is 760. The molecule has 1 saturated carbocycles. The fraction of sp³-hybridized carbons (Fsp3) is 0.263. The summed E-state index contributed by atoms with van der Waals surface area (Å²) >= 11 is 0. The first kappa shape index (κ1) is 15.9. The van der Waals surface area contributed by atoms with Crippen molar-refractivity contribution in [3.05, 3.63) is 65.2 Å². The average molecular weight is 320 g/mol. The minimum absolute atomic E-state index is 0.0258. The Morgan fingerprint density at radius 1 is 1.21 bits per heavy atom. The van der Waals surface area contributed by atoms with E-state index in [9.17, 15) is 4.79 Å². The first-order chi connectivity index (χ1) is 11.7. The molecule has 5 nitrogen and oxygen atoms in total. The van der Waals surface area contributed by atoms with E-state index in [4.69, 9.17) is 5.26 Å². The van der Waals surface area contributed by atoms with Crippen LogP contribution in [0.1, 0.15) is 35.6 Å². The molecule has 3 N–H and O–H groups in total. The Morgan fingerprint density at radius 2 is 1.96 bits per heavy atom. The second-order valence-corrected chi connectivity index (χ2v) is 6.14. The molecule has 0 aliphatic heterocycles. The van der Waals surface area contributed by atoms with E-state index in [1.807, 2.05) is 0 Å². The highest BCUT2D eigenvalue weighted by Crippen LogP contribution is 2.40. The monoisotopic (exact) mass is 320 g/mol. The lowest BCUT2D eigenvalue weighted by Crippen LogP contribution is -2.41. The molecular formula is C19H20N4O. The third-order valence-electron chi connectivity index (χ3n) is 4.13. The number of nitriles is 1. The first-order valence-corrected chi connectivity index (χ1v) is 8.05. The van der Waals surface area contributed by atoms with Gasteiger partial charge in [0.2, 0.25) is 0 Å². The predicted octanol–water partition coefficient (Wildman–Crippen LogP) is 3.64. The SMILES string of the molecule is Cc1ccc(C(NC(=O)NNc2cccc(C#N)c2)C2CC2)cc1. The number of aryl methyl sites for hydroxylation is 1. The summed E-state index contributed by atoms with van der Waals surface area (Å²) in [6.45, 7) is 2.05. The Balaban J connectivity index is 1.60. The van der Waals surface area contributed by atoms with Gasteiger partial charge in [0, 0.05) is 0 Å². The van der Waals surface area contributed by atoms with Crippen molar-refractivity contribution in [1.82, 2.24) is 10.7 Å². The van der Waals surface area contributed by atoms with Crippen LogP contribution in [-0.4, -0.2) is 6.03 Å². The first-order valence-electron chi connectivity index (χ1n) is 8.05. The smallest absolute Gasteiger partial charge is 0.330 e. The van der Waals surface area contributed by atoms with E-state index < -0.39 is 0 Å². The molecule has 122 valence electrons. The van der Waals surface area contributed by atoms with Gasteiger partial charge in [-0.05, 0) is 49.4 Å². The molecule has 1 aliphatic rings. The van der Waals surface area contributed by atoms with Crippen molar-refractivity contribution >= 4 is 11.7 Å². The maximum absolute atomic E-state index is 12.2. The largest absolute Gasteiger partial charge is 0.333 e. The highest BCUT2D eigenvalue weighted by molar-refractivity contribution is 5.76. The van der Waals surface area contributed by atoms with Crippen molar-refractivity contribution in [3.63, 3.8) is 0 Å². The Morgan fingerprint density at radius 3 is 2.62 bits per heavy atom. The molecule has 5 heteroatoms. The molecule has 0 heterocycles. The molecule has 0 radical (unpaired) electrons. The van der Waals surface area contributed by atoms with Crippen LogP contribution in [0.3, 0.4) is 0 Å². The van der Waals surface area contributed by atoms with Gasteiger partial charge in [0.1, 0.15) is 0 Å². The molecule has 1 fully saturated rings. The normalized spacial score (nSPS) is 14.3. The van der Waals surface area contributed by atoms with Gasteiger partial charge in [-0.3, -0.25) is 10.9 Å². The van der Waals surface area contributed by atoms with Gasteiger partial charge in [0.25, 0.3) is 0 Å². The van der Waals surface area contributed by atoms with Crippen LogP contribution in [0.5, 0.6) is 0 Å². The number of anilines is 1. The van der Waals surface area contributed by atoms with E-state index >= 15 is 0 Å². The number of carbonyl (C=O) groups is 1. The Labute approximate surface area is 141 Å².